The summed E-state index contributed by atoms with van der Waals surface area (Å²) in [5.41, 5.74) is 8.67. The van der Waals surface area contributed by atoms with Crippen molar-refractivity contribution >= 4 is 16.7 Å². The van der Waals surface area contributed by atoms with Crippen LogP contribution in [0.2, 0.25) is 0 Å². The second-order valence-corrected chi connectivity index (χ2v) is 5.07. The molecule has 0 bridgehead atoms. The SMILES string of the molecule is Cn1c(CCCOc2ccccc2)nc2c(N)cccc21. The number of aromatic nitrogens is 2. The van der Waals surface area contributed by atoms with E-state index in [4.69, 9.17) is 10.5 Å². The molecule has 0 atom stereocenters. The maximum Gasteiger partial charge on any atom is 0.119 e. The summed E-state index contributed by atoms with van der Waals surface area (Å²) in [6.07, 6.45) is 1.80. The van der Waals surface area contributed by atoms with Gasteiger partial charge in [0.15, 0.2) is 0 Å². The molecule has 0 fully saturated rings. The van der Waals surface area contributed by atoms with Gasteiger partial charge in [-0.3, -0.25) is 0 Å². The van der Waals surface area contributed by atoms with E-state index in [0.29, 0.717) is 6.61 Å². The number of anilines is 1. The molecule has 3 aromatic rings. The van der Waals surface area contributed by atoms with Crippen molar-refractivity contribution < 1.29 is 4.74 Å². The van der Waals surface area contributed by atoms with Crippen LogP contribution in [0.15, 0.2) is 48.5 Å². The van der Waals surface area contributed by atoms with Gasteiger partial charge in [-0.25, -0.2) is 4.98 Å². The van der Waals surface area contributed by atoms with Crippen molar-refractivity contribution in [3.63, 3.8) is 0 Å². The zero-order valence-electron chi connectivity index (χ0n) is 12.1. The first-order chi connectivity index (χ1) is 10.3. The van der Waals surface area contributed by atoms with E-state index >= 15 is 0 Å². The molecule has 0 spiro atoms. The van der Waals surface area contributed by atoms with E-state index in [-0.39, 0.29) is 0 Å². The molecule has 2 aromatic carbocycles. The number of rotatable bonds is 5. The standard InChI is InChI=1S/C17H19N3O/c1-20-15-10-5-9-14(18)17(15)19-16(20)11-6-12-21-13-7-3-2-4-8-13/h2-5,7-10H,6,11-12,18H2,1H3. The number of nitrogens with two attached hydrogens (primary N) is 1. The first kappa shape index (κ1) is 13.5. The van der Waals surface area contributed by atoms with Gasteiger partial charge in [-0.1, -0.05) is 24.3 Å². The average molecular weight is 281 g/mol. The number of nitrogens with zero attached hydrogens (tertiary/aromatic N) is 2. The van der Waals surface area contributed by atoms with Crippen LogP contribution >= 0.6 is 0 Å². The maximum atomic E-state index is 5.97. The lowest BCUT2D eigenvalue weighted by Crippen LogP contribution is -2.03. The second kappa shape index (κ2) is 5.87. The third kappa shape index (κ3) is 2.84. The summed E-state index contributed by atoms with van der Waals surface area (Å²) >= 11 is 0. The van der Waals surface area contributed by atoms with E-state index < -0.39 is 0 Å². The van der Waals surface area contributed by atoms with Crippen LogP contribution in [0.4, 0.5) is 5.69 Å². The Kier molecular flexibility index (Phi) is 3.77. The van der Waals surface area contributed by atoms with Crippen LogP contribution in [0.5, 0.6) is 5.75 Å². The lowest BCUT2D eigenvalue weighted by atomic mass is 10.3. The van der Waals surface area contributed by atoms with Gasteiger partial charge in [0.05, 0.1) is 17.8 Å². The summed E-state index contributed by atoms with van der Waals surface area (Å²) in [6.45, 7) is 0.683. The first-order valence-electron chi connectivity index (χ1n) is 7.13. The molecule has 21 heavy (non-hydrogen) atoms. The van der Waals surface area contributed by atoms with Gasteiger partial charge in [0, 0.05) is 13.5 Å². The Morgan fingerprint density at radius 1 is 1.10 bits per heavy atom. The van der Waals surface area contributed by atoms with Gasteiger partial charge >= 0.3 is 0 Å². The van der Waals surface area contributed by atoms with Crippen molar-refractivity contribution in [2.75, 3.05) is 12.3 Å². The van der Waals surface area contributed by atoms with Gasteiger partial charge in [0.2, 0.25) is 0 Å². The van der Waals surface area contributed by atoms with Crippen LogP contribution in [-0.4, -0.2) is 16.2 Å². The van der Waals surface area contributed by atoms with Crippen molar-refractivity contribution in [2.24, 2.45) is 7.05 Å². The molecule has 0 aliphatic heterocycles. The number of fused-ring (bicyclic) bond motifs is 1. The number of ether oxygens (including phenoxy) is 1. The fourth-order valence-corrected chi connectivity index (χ4v) is 2.44. The summed E-state index contributed by atoms with van der Waals surface area (Å²) in [4.78, 5) is 4.64. The van der Waals surface area contributed by atoms with Crippen LogP contribution in [0.25, 0.3) is 11.0 Å². The number of aryl methyl sites for hydroxylation is 2. The molecular formula is C17H19N3O. The first-order valence-corrected chi connectivity index (χ1v) is 7.13. The molecule has 4 nitrogen and oxygen atoms in total. The fourth-order valence-electron chi connectivity index (χ4n) is 2.44. The maximum absolute atomic E-state index is 5.97. The minimum atomic E-state index is 0.683. The van der Waals surface area contributed by atoms with Crippen molar-refractivity contribution in [3.8, 4) is 5.75 Å². The molecule has 4 heteroatoms. The third-order valence-electron chi connectivity index (χ3n) is 3.59. The Morgan fingerprint density at radius 2 is 1.90 bits per heavy atom. The number of imidazole rings is 1. The summed E-state index contributed by atoms with van der Waals surface area (Å²) in [7, 11) is 2.03. The summed E-state index contributed by atoms with van der Waals surface area (Å²) in [5, 5.41) is 0. The zero-order chi connectivity index (χ0) is 14.7. The van der Waals surface area contributed by atoms with E-state index in [1.54, 1.807) is 0 Å². The summed E-state index contributed by atoms with van der Waals surface area (Å²) in [6, 6.07) is 15.8. The number of benzene rings is 2. The van der Waals surface area contributed by atoms with Gasteiger partial charge in [-0.2, -0.15) is 0 Å². The van der Waals surface area contributed by atoms with E-state index in [9.17, 15) is 0 Å². The lowest BCUT2D eigenvalue weighted by molar-refractivity contribution is 0.309. The van der Waals surface area contributed by atoms with E-state index in [1.807, 2.05) is 55.6 Å². The monoisotopic (exact) mass is 281 g/mol. The van der Waals surface area contributed by atoms with Crippen LogP contribution < -0.4 is 10.5 Å². The molecular weight excluding hydrogens is 262 g/mol. The minimum absolute atomic E-state index is 0.683. The van der Waals surface area contributed by atoms with Crippen LogP contribution in [0.1, 0.15) is 12.2 Å². The Labute approximate surface area is 124 Å². The summed E-state index contributed by atoms with van der Waals surface area (Å²) < 4.78 is 7.81. The quantitative estimate of drug-likeness (QED) is 0.577. The predicted molar refractivity (Wildman–Crippen MR) is 85.4 cm³/mol. The van der Waals surface area contributed by atoms with Gasteiger partial charge in [-0.15, -0.1) is 0 Å². The van der Waals surface area contributed by atoms with Crippen molar-refractivity contribution in [2.45, 2.75) is 12.8 Å². The molecule has 2 N–H and O–H groups in total. The van der Waals surface area contributed by atoms with Gasteiger partial charge in [0.1, 0.15) is 17.1 Å². The predicted octanol–water partition coefficient (Wildman–Crippen LogP) is 3.17. The molecule has 0 amide bonds. The highest BCUT2D eigenvalue weighted by atomic mass is 16.5. The van der Waals surface area contributed by atoms with E-state index in [1.165, 1.54) is 0 Å². The Bertz CT molecular complexity index is 734. The number of hydrogen-bond donors (Lipinski definition) is 1. The van der Waals surface area contributed by atoms with Crippen molar-refractivity contribution in [1.82, 2.24) is 9.55 Å². The van der Waals surface area contributed by atoms with Crippen LogP contribution in [0.3, 0.4) is 0 Å². The van der Waals surface area contributed by atoms with Crippen LogP contribution in [0, 0.1) is 0 Å². The topological polar surface area (TPSA) is 53.1 Å². The highest BCUT2D eigenvalue weighted by Gasteiger charge is 2.09. The molecule has 108 valence electrons. The van der Waals surface area contributed by atoms with E-state index in [2.05, 4.69) is 9.55 Å². The fraction of sp³-hybridized carbons (Fsp3) is 0.235. The highest BCUT2D eigenvalue weighted by Crippen LogP contribution is 2.21. The van der Waals surface area contributed by atoms with Crippen molar-refractivity contribution in [1.29, 1.82) is 0 Å². The Balaban J connectivity index is 1.63. The molecule has 0 radical (unpaired) electrons. The molecule has 0 aliphatic carbocycles. The van der Waals surface area contributed by atoms with Crippen LogP contribution in [-0.2, 0) is 13.5 Å². The second-order valence-electron chi connectivity index (χ2n) is 5.07. The zero-order valence-corrected chi connectivity index (χ0v) is 12.1. The number of para-hydroxylation sites is 2. The lowest BCUT2D eigenvalue weighted by Gasteiger charge is -2.06. The Morgan fingerprint density at radius 3 is 2.67 bits per heavy atom. The van der Waals surface area contributed by atoms with Gasteiger partial charge in [-0.05, 0) is 30.7 Å². The molecule has 0 aliphatic rings. The number of nitrogen functional groups attached to an aromatic ring is 1. The molecule has 1 heterocycles. The van der Waals surface area contributed by atoms with Crippen molar-refractivity contribution in [3.05, 3.63) is 54.4 Å². The summed E-state index contributed by atoms with van der Waals surface area (Å²) in [5.74, 6) is 1.95. The molecule has 0 unspecified atom stereocenters. The molecule has 1 aromatic heterocycles. The van der Waals surface area contributed by atoms with Gasteiger partial charge < -0.3 is 15.0 Å². The molecule has 0 saturated carbocycles. The minimum Gasteiger partial charge on any atom is -0.494 e. The highest BCUT2D eigenvalue weighted by molar-refractivity contribution is 5.87. The van der Waals surface area contributed by atoms with E-state index in [0.717, 1.165) is 41.1 Å². The average Bonchev–Trinajstić information content (AvgIpc) is 2.83. The normalized spacial score (nSPS) is 10.9. The molecule has 0 saturated heterocycles. The number of hydrogen-bond acceptors (Lipinski definition) is 3. The molecule has 3 rings (SSSR count). The third-order valence-corrected chi connectivity index (χ3v) is 3.59. The largest absolute Gasteiger partial charge is 0.494 e. The Hall–Kier alpha value is -2.49. The smallest absolute Gasteiger partial charge is 0.119 e. The van der Waals surface area contributed by atoms with Gasteiger partial charge in [0.25, 0.3) is 0 Å².